The summed E-state index contributed by atoms with van der Waals surface area (Å²) in [6, 6.07) is 0. The smallest absolute Gasteiger partial charge is 0.407 e. The summed E-state index contributed by atoms with van der Waals surface area (Å²) in [5, 5.41) is 18.5. The maximum atomic E-state index is 11.8. The zero-order chi connectivity index (χ0) is 19.6. The van der Waals surface area contributed by atoms with Crippen molar-refractivity contribution >= 4 is 17.6 Å². The van der Waals surface area contributed by atoms with Crippen molar-refractivity contribution in [2.24, 2.45) is 11.8 Å². The van der Waals surface area contributed by atoms with Crippen LogP contribution in [0.15, 0.2) is 6.20 Å². The first-order chi connectivity index (χ1) is 12.7. The van der Waals surface area contributed by atoms with Gasteiger partial charge in [-0.05, 0) is 58.3 Å². The van der Waals surface area contributed by atoms with Gasteiger partial charge in [-0.1, -0.05) is 0 Å². The van der Waals surface area contributed by atoms with Gasteiger partial charge in [-0.25, -0.2) is 9.48 Å². The molecular weight excluding hydrogens is 350 g/mol. The Morgan fingerprint density at radius 2 is 1.96 bits per heavy atom. The van der Waals surface area contributed by atoms with Crippen LogP contribution in [-0.4, -0.2) is 46.0 Å². The predicted octanol–water partition coefficient (Wildman–Crippen LogP) is 2.94. The molecule has 1 saturated carbocycles. The van der Waals surface area contributed by atoms with Gasteiger partial charge >= 0.3 is 11.8 Å². The normalized spacial score (nSPS) is 18.4. The Labute approximate surface area is 159 Å². The van der Waals surface area contributed by atoms with Gasteiger partial charge in [0, 0.05) is 26.2 Å². The van der Waals surface area contributed by atoms with Crippen molar-refractivity contribution in [2.75, 3.05) is 24.5 Å². The van der Waals surface area contributed by atoms with Gasteiger partial charge in [0.25, 0.3) is 0 Å². The molecule has 150 valence electrons. The van der Waals surface area contributed by atoms with Gasteiger partial charge in [0.2, 0.25) is 5.82 Å². The van der Waals surface area contributed by atoms with Gasteiger partial charge in [-0.3, -0.25) is 10.1 Å². The molecule has 9 nitrogen and oxygen atoms in total. The lowest BCUT2D eigenvalue weighted by Crippen LogP contribution is -2.41. The Kier molecular flexibility index (Phi) is 5.57. The molecule has 1 amide bonds. The van der Waals surface area contributed by atoms with E-state index in [1.807, 2.05) is 20.8 Å². The number of piperidine rings is 1. The van der Waals surface area contributed by atoms with Crippen LogP contribution < -0.4 is 10.2 Å². The number of hydrogen-bond donors (Lipinski definition) is 1. The average molecular weight is 379 g/mol. The number of amides is 1. The first-order valence-corrected chi connectivity index (χ1v) is 9.65. The molecule has 0 unspecified atom stereocenters. The highest BCUT2D eigenvalue weighted by Gasteiger charge is 2.32. The van der Waals surface area contributed by atoms with Gasteiger partial charge in [0.05, 0.1) is 4.92 Å². The van der Waals surface area contributed by atoms with Gasteiger partial charge < -0.3 is 15.0 Å². The lowest BCUT2D eigenvalue weighted by molar-refractivity contribution is -0.384. The fraction of sp³-hybridized carbons (Fsp3) is 0.778. The summed E-state index contributed by atoms with van der Waals surface area (Å²) in [5.74, 6) is 1.57. The molecule has 1 aliphatic heterocycles. The molecule has 9 heteroatoms. The Morgan fingerprint density at radius 3 is 2.52 bits per heavy atom. The number of nitrogens with one attached hydrogen (secondary N) is 1. The van der Waals surface area contributed by atoms with Crippen LogP contribution in [0.4, 0.5) is 16.3 Å². The van der Waals surface area contributed by atoms with Gasteiger partial charge in [0.1, 0.15) is 11.8 Å². The summed E-state index contributed by atoms with van der Waals surface area (Å²) in [4.78, 5) is 24.9. The minimum Gasteiger partial charge on any atom is -0.444 e. The zero-order valence-corrected chi connectivity index (χ0v) is 16.3. The van der Waals surface area contributed by atoms with Crippen molar-refractivity contribution in [3.8, 4) is 0 Å². The molecule has 2 aliphatic rings. The molecule has 0 spiro atoms. The Balaban J connectivity index is 1.55. The minimum absolute atomic E-state index is 0.0842. The van der Waals surface area contributed by atoms with E-state index < -0.39 is 11.7 Å². The Bertz CT molecular complexity index is 684. The SMILES string of the molecule is CC(C)(C)OC(=O)NCC1CCN(c2c([N+](=O)[O-])cnn2CC2CC2)CC1. The third-order valence-corrected chi connectivity index (χ3v) is 4.97. The largest absolute Gasteiger partial charge is 0.444 e. The number of hydrogen-bond acceptors (Lipinski definition) is 6. The van der Waals surface area contributed by atoms with E-state index in [1.54, 1.807) is 4.68 Å². The summed E-state index contributed by atoms with van der Waals surface area (Å²) in [6.45, 7) is 8.26. The fourth-order valence-electron chi connectivity index (χ4n) is 3.39. The topological polar surface area (TPSA) is 103 Å². The quantitative estimate of drug-likeness (QED) is 0.602. The second-order valence-corrected chi connectivity index (χ2v) is 8.55. The van der Waals surface area contributed by atoms with Crippen LogP contribution in [0.5, 0.6) is 0 Å². The maximum Gasteiger partial charge on any atom is 0.407 e. The first kappa shape index (κ1) is 19.4. The Morgan fingerprint density at radius 1 is 1.30 bits per heavy atom. The van der Waals surface area contributed by atoms with Gasteiger partial charge in [0.15, 0.2) is 0 Å². The molecule has 0 atom stereocenters. The predicted molar refractivity (Wildman–Crippen MR) is 101 cm³/mol. The van der Waals surface area contributed by atoms with Gasteiger partial charge in [-0.2, -0.15) is 5.10 Å². The van der Waals surface area contributed by atoms with E-state index >= 15 is 0 Å². The highest BCUT2D eigenvalue weighted by Crippen LogP contribution is 2.36. The number of ether oxygens (including phenoxy) is 1. The lowest BCUT2D eigenvalue weighted by Gasteiger charge is -2.33. The Hall–Kier alpha value is -2.32. The minimum atomic E-state index is -0.508. The molecule has 27 heavy (non-hydrogen) atoms. The zero-order valence-electron chi connectivity index (χ0n) is 16.3. The van der Waals surface area contributed by atoms with E-state index in [4.69, 9.17) is 4.74 Å². The van der Waals surface area contributed by atoms with E-state index in [0.717, 1.165) is 32.5 Å². The number of alkyl carbamates (subject to hydrolysis) is 1. The van der Waals surface area contributed by atoms with E-state index in [-0.39, 0.29) is 10.6 Å². The van der Waals surface area contributed by atoms with Crippen LogP contribution >= 0.6 is 0 Å². The van der Waals surface area contributed by atoms with Crippen molar-refractivity contribution in [1.82, 2.24) is 15.1 Å². The third-order valence-electron chi connectivity index (χ3n) is 4.97. The number of carbonyl (C=O) groups excluding carboxylic acids is 1. The van der Waals surface area contributed by atoms with Crippen molar-refractivity contribution in [1.29, 1.82) is 0 Å². The molecule has 0 bridgehead atoms. The second kappa shape index (κ2) is 7.74. The van der Waals surface area contributed by atoms with Crippen LogP contribution in [-0.2, 0) is 11.3 Å². The van der Waals surface area contributed by atoms with Gasteiger partial charge in [-0.15, -0.1) is 0 Å². The first-order valence-electron chi connectivity index (χ1n) is 9.65. The molecule has 3 rings (SSSR count). The number of rotatable bonds is 6. The molecule has 1 N–H and O–H groups in total. The molecule has 1 aromatic rings. The van der Waals surface area contributed by atoms with Crippen LogP contribution in [0.3, 0.4) is 0 Å². The molecule has 0 aromatic carbocycles. The average Bonchev–Trinajstić information content (AvgIpc) is 3.29. The van der Waals surface area contributed by atoms with Crippen LogP contribution in [0.1, 0.15) is 46.5 Å². The monoisotopic (exact) mass is 379 g/mol. The van der Waals surface area contributed by atoms with Crippen LogP contribution in [0, 0.1) is 22.0 Å². The molecule has 1 aromatic heterocycles. The third kappa shape index (κ3) is 5.33. The number of anilines is 1. The number of nitrogens with zero attached hydrogens (tertiary/aromatic N) is 4. The molecule has 0 radical (unpaired) electrons. The molecule has 2 heterocycles. The summed E-state index contributed by atoms with van der Waals surface area (Å²) >= 11 is 0. The maximum absolute atomic E-state index is 11.8. The second-order valence-electron chi connectivity index (χ2n) is 8.55. The van der Waals surface area contributed by atoms with E-state index in [9.17, 15) is 14.9 Å². The molecule has 2 fully saturated rings. The summed E-state index contributed by atoms with van der Waals surface area (Å²) in [5.41, 5.74) is -0.423. The van der Waals surface area contributed by atoms with E-state index in [2.05, 4.69) is 15.3 Å². The highest BCUT2D eigenvalue weighted by atomic mass is 16.6. The molecular formula is C18H29N5O4. The van der Waals surface area contributed by atoms with Crippen LogP contribution in [0.2, 0.25) is 0 Å². The van der Waals surface area contributed by atoms with Crippen molar-refractivity contribution in [2.45, 2.75) is 58.6 Å². The summed E-state index contributed by atoms with van der Waals surface area (Å²) in [6.07, 6.45) is 5.04. The number of carbonyl (C=O) groups is 1. The number of nitro groups is 1. The van der Waals surface area contributed by atoms with E-state index in [1.165, 1.54) is 19.0 Å². The van der Waals surface area contributed by atoms with Crippen molar-refractivity contribution in [3.05, 3.63) is 16.3 Å². The summed E-state index contributed by atoms with van der Waals surface area (Å²) < 4.78 is 7.06. The van der Waals surface area contributed by atoms with Crippen molar-refractivity contribution in [3.63, 3.8) is 0 Å². The fourth-order valence-corrected chi connectivity index (χ4v) is 3.39. The number of aromatic nitrogens is 2. The standard InChI is InChI=1S/C18H29N5O4/c1-18(2,3)27-17(24)19-10-13-6-8-21(9-7-13)16-15(23(25)26)11-20-22(16)12-14-4-5-14/h11,13-14H,4-10,12H2,1-3H3,(H,19,24). The molecule has 1 saturated heterocycles. The lowest BCUT2D eigenvalue weighted by atomic mass is 9.97. The van der Waals surface area contributed by atoms with Crippen molar-refractivity contribution < 1.29 is 14.5 Å². The molecule has 1 aliphatic carbocycles. The highest BCUT2D eigenvalue weighted by molar-refractivity contribution is 5.67. The summed E-state index contributed by atoms with van der Waals surface area (Å²) in [7, 11) is 0. The van der Waals surface area contributed by atoms with E-state index in [0.29, 0.717) is 24.2 Å². The van der Waals surface area contributed by atoms with Crippen LogP contribution in [0.25, 0.3) is 0 Å².